The van der Waals surface area contributed by atoms with Crippen LogP contribution in [0.1, 0.15) is 24.8 Å². The van der Waals surface area contributed by atoms with Crippen molar-refractivity contribution in [3.05, 3.63) is 23.8 Å². The molecule has 2 heterocycles. The Bertz CT molecular complexity index is 629. The lowest BCUT2D eigenvalue weighted by atomic mass is 10.0. The van der Waals surface area contributed by atoms with Gasteiger partial charge in [0.2, 0.25) is 11.8 Å². The van der Waals surface area contributed by atoms with Crippen LogP contribution >= 0.6 is 0 Å². The molecule has 3 N–H and O–H groups in total. The van der Waals surface area contributed by atoms with Gasteiger partial charge in [0.25, 0.3) is 5.91 Å². The summed E-state index contributed by atoms with van der Waals surface area (Å²) in [5.41, 5.74) is 1.45. The molecule has 0 aromatic heterocycles. The highest BCUT2D eigenvalue weighted by molar-refractivity contribution is 5.95. The van der Waals surface area contributed by atoms with Crippen LogP contribution < -0.4 is 20.7 Å². The predicted molar refractivity (Wildman–Crippen MR) is 78.2 cm³/mol. The summed E-state index contributed by atoms with van der Waals surface area (Å²) in [6.45, 7) is 0.346. The Morgan fingerprint density at radius 1 is 1.32 bits per heavy atom. The molecular formula is C15H17N3O4. The summed E-state index contributed by atoms with van der Waals surface area (Å²) in [7, 11) is 0. The number of ether oxygens (including phenoxy) is 1. The Morgan fingerprint density at radius 2 is 2.18 bits per heavy atom. The SMILES string of the molecule is O=C1COc2ccc(CNC(=O)[C@H]3CCCC(=O)N3)cc2N1. The van der Waals surface area contributed by atoms with Gasteiger partial charge in [-0.25, -0.2) is 0 Å². The number of hydrogen-bond donors (Lipinski definition) is 3. The molecule has 7 nitrogen and oxygen atoms in total. The zero-order valence-corrected chi connectivity index (χ0v) is 12.0. The molecule has 7 heteroatoms. The Morgan fingerprint density at radius 3 is 3.00 bits per heavy atom. The summed E-state index contributed by atoms with van der Waals surface area (Å²) >= 11 is 0. The average Bonchev–Trinajstić information content (AvgIpc) is 2.52. The second kappa shape index (κ2) is 6.05. The van der Waals surface area contributed by atoms with Crippen molar-refractivity contribution >= 4 is 23.4 Å². The Balaban J connectivity index is 1.59. The number of hydrogen-bond acceptors (Lipinski definition) is 4. The first-order chi connectivity index (χ1) is 10.6. The Kier molecular flexibility index (Phi) is 3.95. The van der Waals surface area contributed by atoms with Gasteiger partial charge in [-0.05, 0) is 30.5 Å². The van der Waals surface area contributed by atoms with Crippen LogP contribution in [-0.2, 0) is 20.9 Å². The number of carbonyl (C=O) groups excluding carboxylic acids is 3. The molecule has 1 aromatic carbocycles. The number of benzene rings is 1. The van der Waals surface area contributed by atoms with E-state index in [9.17, 15) is 14.4 Å². The lowest BCUT2D eigenvalue weighted by molar-refractivity contribution is -0.131. The zero-order chi connectivity index (χ0) is 15.5. The number of fused-ring (bicyclic) bond motifs is 1. The van der Waals surface area contributed by atoms with Crippen molar-refractivity contribution in [2.75, 3.05) is 11.9 Å². The van der Waals surface area contributed by atoms with Crippen LogP contribution in [-0.4, -0.2) is 30.4 Å². The van der Waals surface area contributed by atoms with Crippen LogP contribution in [0, 0.1) is 0 Å². The van der Waals surface area contributed by atoms with E-state index in [2.05, 4.69) is 16.0 Å². The van der Waals surface area contributed by atoms with Gasteiger partial charge in [-0.2, -0.15) is 0 Å². The lowest BCUT2D eigenvalue weighted by Crippen LogP contribution is -2.48. The molecule has 2 aliphatic heterocycles. The number of amides is 3. The molecule has 1 fully saturated rings. The molecule has 1 aromatic rings. The van der Waals surface area contributed by atoms with Crippen molar-refractivity contribution < 1.29 is 19.1 Å². The fourth-order valence-electron chi connectivity index (χ4n) is 2.55. The topological polar surface area (TPSA) is 96.5 Å². The molecule has 1 saturated heterocycles. The molecule has 3 rings (SSSR count). The van der Waals surface area contributed by atoms with E-state index in [0.717, 1.165) is 12.0 Å². The fourth-order valence-corrected chi connectivity index (χ4v) is 2.55. The first kappa shape index (κ1) is 14.4. The second-order valence-corrected chi connectivity index (χ2v) is 5.40. The van der Waals surface area contributed by atoms with E-state index in [-0.39, 0.29) is 24.3 Å². The number of nitrogens with one attached hydrogen (secondary N) is 3. The first-order valence-electron chi connectivity index (χ1n) is 7.24. The minimum absolute atomic E-state index is 0.0183. The largest absolute Gasteiger partial charge is 0.482 e. The third-order valence-corrected chi connectivity index (χ3v) is 3.69. The summed E-state index contributed by atoms with van der Waals surface area (Å²) in [5, 5.41) is 8.20. The molecule has 116 valence electrons. The van der Waals surface area contributed by atoms with Crippen LogP contribution in [0.5, 0.6) is 5.75 Å². The number of anilines is 1. The van der Waals surface area contributed by atoms with Crippen molar-refractivity contribution in [3.63, 3.8) is 0 Å². The van der Waals surface area contributed by atoms with Gasteiger partial charge in [-0.1, -0.05) is 6.07 Å². The maximum absolute atomic E-state index is 12.0. The van der Waals surface area contributed by atoms with E-state index in [1.807, 2.05) is 6.07 Å². The smallest absolute Gasteiger partial charge is 0.262 e. The molecule has 2 aliphatic rings. The van der Waals surface area contributed by atoms with Gasteiger partial charge in [0.05, 0.1) is 5.69 Å². The fraction of sp³-hybridized carbons (Fsp3) is 0.400. The summed E-state index contributed by atoms with van der Waals surface area (Å²) in [4.78, 5) is 34.6. The minimum Gasteiger partial charge on any atom is -0.482 e. The van der Waals surface area contributed by atoms with E-state index >= 15 is 0 Å². The summed E-state index contributed by atoms with van der Waals surface area (Å²) in [6.07, 6.45) is 1.87. The van der Waals surface area contributed by atoms with Gasteiger partial charge in [-0.15, -0.1) is 0 Å². The van der Waals surface area contributed by atoms with E-state index in [1.165, 1.54) is 0 Å². The highest BCUT2D eigenvalue weighted by Gasteiger charge is 2.24. The van der Waals surface area contributed by atoms with Crippen LogP contribution in [0.15, 0.2) is 18.2 Å². The van der Waals surface area contributed by atoms with E-state index < -0.39 is 6.04 Å². The number of piperidine rings is 1. The third-order valence-electron chi connectivity index (χ3n) is 3.69. The molecule has 0 radical (unpaired) electrons. The Hall–Kier alpha value is -2.57. The highest BCUT2D eigenvalue weighted by Crippen LogP contribution is 2.28. The number of carbonyl (C=O) groups is 3. The number of rotatable bonds is 3. The van der Waals surface area contributed by atoms with Crippen molar-refractivity contribution in [3.8, 4) is 5.75 Å². The second-order valence-electron chi connectivity index (χ2n) is 5.40. The molecule has 1 atom stereocenters. The maximum Gasteiger partial charge on any atom is 0.262 e. The maximum atomic E-state index is 12.0. The predicted octanol–water partition coefficient (Wildman–Crippen LogP) is 0.302. The molecule has 22 heavy (non-hydrogen) atoms. The van der Waals surface area contributed by atoms with Crippen molar-refractivity contribution in [2.45, 2.75) is 31.8 Å². The highest BCUT2D eigenvalue weighted by atomic mass is 16.5. The van der Waals surface area contributed by atoms with Gasteiger partial charge in [0.15, 0.2) is 6.61 Å². The summed E-state index contributed by atoms with van der Waals surface area (Å²) < 4.78 is 5.28. The molecule has 0 bridgehead atoms. The molecule has 0 saturated carbocycles. The van der Waals surface area contributed by atoms with Crippen LogP contribution in [0.4, 0.5) is 5.69 Å². The van der Waals surface area contributed by atoms with Crippen LogP contribution in [0.2, 0.25) is 0 Å². The van der Waals surface area contributed by atoms with Gasteiger partial charge < -0.3 is 20.7 Å². The monoisotopic (exact) mass is 303 g/mol. The lowest BCUT2D eigenvalue weighted by Gasteiger charge is -2.22. The van der Waals surface area contributed by atoms with E-state index in [4.69, 9.17) is 4.74 Å². The van der Waals surface area contributed by atoms with E-state index in [1.54, 1.807) is 12.1 Å². The standard InChI is InChI=1S/C15H17N3O4/c19-13-3-1-2-10(17-13)15(21)16-7-9-4-5-12-11(6-9)18-14(20)8-22-12/h4-6,10H,1-3,7-8H2,(H,16,21)(H,17,19)(H,18,20)/t10-/m1/s1. The molecule has 0 unspecified atom stereocenters. The van der Waals surface area contributed by atoms with Crippen molar-refractivity contribution in [2.24, 2.45) is 0 Å². The molecule has 0 aliphatic carbocycles. The van der Waals surface area contributed by atoms with Gasteiger partial charge in [0, 0.05) is 13.0 Å². The van der Waals surface area contributed by atoms with Crippen LogP contribution in [0.25, 0.3) is 0 Å². The molecular weight excluding hydrogens is 286 g/mol. The molecule has 0 spiro atoms. The van der Waals surface area contributed by atoms with Crippen molar-refractivity contribution in [1.29, 1.82) is 0 Å². The van der Waals surface area contributed by atoms with E-state index in [0.29, 0.717) is 30.8 Å². The van der Waals surface area contributed by atoms with Gasteiger partial charge >= 0.3 is 0 Å². The van der Waals surface area contributed by atoms with Crippen molar-refractivity contribution in [1.82, 2.24) is 10.6 Å². The minimum atomic E-state index is -0.457. The Labute approximate surface area is 127 Å². The first-order valence-corrected chi connectivity index (χ1v) is 7.24. The third kappa shape index (κ3) is 3.19. The molecule has 3 amide bonds. The van der Waals surface area contributed by atoms with Crippen LogP contribution in [0.3, 0.4) is 0 Å². The zero-order valence-electron chi connectivity index (χ0n) is 12.0. The summed E-state index contributed by atoms with van der Waals surface area (Å²) in [6, 6.07) is 4.91. The van der Waals surface area contributed by atoms with Gasteiger partial charge in [0.1, 0.15) is 11.8 Å². The average molecular weight is 303 g/mol. The quantitative estimate of drug-likeness (QED) is 0.748. The summed E-state index contributed by atoms with van der Waals surface area (Å²) in [5.74, 6) is 0.152. The normalized spacial score (nSPS) is 20.3. The van der Waals surface area contributed by atoms with Gasteiger partial charge in [-0.3, -0.25) is 14.4 Å².